The summed E-state index contributed by atoms with van der Waals surface area (Å²) in [4.78, 5) is 30.3. The molecule has 3 heterocycles. The molecule has 2 aromatic rings. The van der Waals surface area contributed by atoms with Crippen LogP contribution >= 0.6 is 0 Å². The van der Waals surface area contributed by atoms with Gasteiger partial charge in [-0.3, -0.25) is 9.59 Å². The van der Waals surface area contributed by atoms with Crippen LogP contribution in [0.1, 0.15) is 16.2 Å². The average molecular weight is 372 g/mol. The summed E-state index contributed by atoms with van der Waals surface area (Å²) in [6, 6.07) is 8.28. The smallest absolute Gasteiger partial charge is 0.276 e. The Labute approximate surface area is 156 Å². The SMILES string of the molecule is Cc1cc(C(=O)N2CC(C(=O)N3CCN(c4ccccc4F)CC3)C2)no1. The van der Waals surface area contributed by atoms with Gasteiger partial charge in [0.1, 0.15) is 11.6 Å². The summed E-state index contributed by atoms with van der Waals surface area (Å²) in [7, 11) is 0. The molecule has 4 rings (SSSR count). The van der Waals surface area contributed by atoms with E-state index in [2.05, 4.69) is 5.16 Å². The molecule has 2 saturated heterocycles. The van der Waals surface area contributed by atoms with Crippen molar-refractivity contribution in [2.24, 2.45) is 5.92 Å². The van der Waals surface area contributed by atoms with Crippen LogP contribution in [0.25, 0.3) is 0 Å². The Bertz CT molecular complexity index is 854. The highest BCUT2D eigenvalue weighted by Gasteiger charge is 2.39. The third-order valence-corrected chi connectivity index (χ3v) is 5.15. The summed E-state index contributed by atoms with van der Waals surface area (Å²) in [6.07, 6.45) is 0. The third-order valence-electron chi connectivity index (χ3n) is 5.15. The van der Waals surface area contributed by atoms with Gasteiger partial charge in [-0.25, -0.2) is 4.39 Å². The lowest BCUT2D eigenvalue weighted by atomic mass is 9.97. The van der Waals surface area contributed by atoms with Crippen LogP contribution in [0.15, 0.2) is 34.9 Å². The van der Waals surface area contributed by atoms with Crippen LogP contribution in [0, 0.1) is 18.7 Å². The molecule has 2 aliphatic heterocycles. The van der Waals surface area contributed by atoms with Gasteiger partial charge in [0.25, 0.3) is 5.91 Å². The minimum absolute atomic E-state index is 0.0589. The van der Waals surface area contributed by atoms with Crippen molar-refractivity contribution in [3.63, 3.8) is 0 Å². The van der Waals surface area contributed by atoms with Crippen LogP contribution in [0.2, 0.25) is 0 Å². The number of para-hydroxylation sites is 1. The summed E-state index contributed by atoms with van der Waals surface area (Å²) < 4.78 is 18.8. The quantitative estimate of drug-likeness (QED) is 0.818. The number of carbonyl (C=O) groups excluding carboxylic acids is 2. The predicted octanol–water partition coefficient (Wildman–Crippen LogP) is 1.54. The molecule has 0 atom stereocenters. The number of benzene rings is 1. The second-order valence-corrected chi connectivity index (χ2v) is 6.99. The van der Waals surface area contributed by atoms with Crippen LogP contribution in [0.4, 0.5) is 10.1 Å². The Kier molecular flexibility index (Phi) is 4.55. The molecule has 2 aliphatic rings. The molecule has 8 heteroatoms. The molecule has 0 aliphatic carbocycles. The number of hydrogen-bond acceptors (Lipinski definition) is 5. The highest BCUT2D eigenvalue weighted by molar-refractivity contribution is 5.94. The van der Waals surface area contributed by atoms with Gasteiger partial charge in [0.2, 0.25) is 5.91 Å². The highest BCUT2D eigenvalue weighted by atomic mass is 19.1. The summed E-state index contributed by atoms with van der Waals surface area (Å²) >= 11 is 0. The minimum atomic E-state index is -0.242. The molecule has 0 N–H and O–H groups in total. The van der Waals surface area contributed by atoms with E-state index < -0.39 is 0 Å². The molecule has 2 amide bonds. The second-order valence-electron chi connectivity index (χ2n) is 6.99. The lowest BCUT2D eigenvalue weighted by Gasteiger charge is -2.43. The van der Waals surface area contributed by atoms with Gasteiger partial charge in [0.15, 0.2) is 5.69 Å². The first-order chi connectivity index (χ1) is 13.0. The van der Waals surface area contributed by atoms with Crippen LogP contribution in [-0.4, -0.2) is 66.0 Å². The Morgan fingerprint density at radius 3 is 2.44 bits per heavy atom. The lowest BCUT2D eigenvalue weighted by molar-refractivity contribution is -0.140. The topological polar surface area (TPSA) is 69.9 Å². The maximum absolute atomic E-state index is 13.9. The zero-order chi connectivity index (χ0) is 19.0. The number of piperazine rings is 1. The number of likely N-dealkylation sites (tertiary alicyclic amines) is 1. The van der Waals surface area contributed by atoms with Crippen molar-refractivity contribution in [1.82, 2.24) is 15.0 Å². The fourth-order valence-corrected chi connectivity index (χ4v) is 3.56. The minimum Gasteiger partial charge on any atom is -0.366 e. The van der Waals surface area contributed by atoms with Crippen molar-refractivity contribution in [2.75, 3.05) is 44.2 Å². The summed E-state index contributed by atoms with van der Waals surface area (Å²) in [5.74, 6) is 0.0125. The largest absolute Gasteiger partial charge is 0.366 e. The second kappa shape index (κ2) is 7.02. The molecular weight excluding hydrogens is 351 g/mol. The van der Waals surface area contributed by atoms with Crippen LogP contribution < -0.4 is 4.90 Å². The average Bonchev–Trinajstić information content (AvgIpc) is 3.07. The zero-order valence-electron chi connectivity index (χ0n) is 15.1. The van der Waals surface area contributed by atoms with Gasteiger partial charge in [0, 0.05) is 45.3 Å². The van der Waals surface area contributed by atoms with Crippen molar-refractivity contribution in [2.45, 2.75) is 6.92 Å². The maximum Gasteiger partial charge on any atom is 0.276 e. The van der Waals surface area contributed by atoms with Gasteiger partial charge in [-0.15, -0.1) is 0 Å². The van der Waals surface area contributed by atoms with Gasteiger partial charge in [-0.05, 0) is 19.1 Å². The number of aryl methyl sites for hydroxylation is 1. The van der Waals surface area contributed by atoms with Crippen molar-refractivity contribution in [3.8, 4) is 0 Å². The first-order valence-electron chi connectivity index (χ1n) is 9.04. The molecule has 0 radical (unpaired) electrons. The van der Waals surface area contributed by atoms with E-state index in [1.54, 1.807) is 30.0 Å². The van der Waals surface area contributed by atoms with Gasteiger partial charge in [-0.1, -0.05) is 17.3 Å². The number of hydrogen-bond donors (Lipinski definition) is 0. The number of halogens is 1. The highest BCUT2D eigenvalue weighted by Crippen LogP contribution is 2.24. The third kappa shape index (κ3) is 3.39. The zero-order valence-corrected chi connectivity index (χ0v) is 15.1. The summed E-state index contributed by atoms with van der Waals surface area (Å²) in [5.41, 5.74) is 0.852. The number of amides is 2. The van der Waals surface area contributed by atoms with E-state index in [0.29, 0.717) is 50.7 Å². The molecule has 0 saturated carbocycles. The summed E-state index contributed by atoms with van der Waals surface area (Å²) in [6.45, 7) is 4.84. The van der Waals surface area contributed by atoms with E-state index in [9.17, 15) is 14.0 Å². The number of anilines is 1. The Balaban J connectivity index is 1.28. The van der Waals surface area contributed by atoms with Gasteiger partial charge in [-0.2, -0.15) is 0 Å². The first kappa shape index (κ1) is 17.5. The number of carbonyl (C=O) groups is 2. The molecule has 7 nitrogen and oxygen atoms in total. The molecule has 1 aromatic carbocycles. The molecule has 27 heavy (non-hydrogen) atoms. The summed E-state index contributed by atoms with van der Waals surface area (Å²) in [5, 5.41) is 3.72. The van der Waals surface area contributed by atoms with Crippen LogP contribution in [0.5, 0.6) is 0 Å². The van der Waals surface area contributed by atoms with E-state index in [4.69, 9.17) is 4.52 Å². The molecule has 2 fully saturated rings. The van der Waals surface area contributed by atoms with Crippen LogP contribution in [0.3, 0.4) is 0 Å². The molecule has 0 unspecified atom stereocenters. The van der Waals surface area contributed by atoms with E-state index in [1.807, 2.05) is 15.9 Å². The normalized spacial score (nSPS) is 17.8. The van der Waals surface area contributed by atoms with Gasteiger partial charge < -0.3 is 19.2 Å². The van der Waals surface area contributed by atoms with E-state index in [-0.39, 0.29) is 29.2 Å². The molecule has 1 aromatic heterocycles. The van der Waals surface area contributed by atoms with Crippen LogP contribution in [-0.2, 0) is 4.79 Å². The van der Waals surface area contributed by atoms with Gasteiger partial charge in [0.05, 0.1) is 11.6 Å². The lowest BCUT2D eigenvalue weighted by Crippen LogP contribution is -2.59. The molecule has 0 spiro atoms. The Hall–Kier alpha value is -2.90. The standard InChI is InChI=1S/C19H21FN4O3/c1-13-10-16(21-27-13)19(26)24-11-14(12-24)18(25)23-8-6-22(7-9-23)17-5-3-2-4-15(17)20/h2-5,10,14H,6-9,11-12H2,1H3. The maximum atomic E-state index is 13.9. The molecular formula is C19H21FN4O3. The Morgan fingerprint density at radius 2 is 1.81 bits per heavy atom. The van der Waals surface area contributed by atoms with Crippen molar-refractivity contribution in [1.29, 1.82) is 0 Å². The van der Waals surface area contributed by atoms with Crippen molar-refractivity contribution < 1.29 is 18.5 Å². The number of aromatic nitrogens is 1. The number of nitrogens with zero attached hydrogens (tertiary/aromatic N) is 4. The molecule has 0 bridgehead atoms. The Morgan fingerprint density at radius 1 is 1.11 bits per heavy atom. The van der Waals surface area contributed by atoms with E-state index >= 15 is 0 Å². The number of rotatable bonds is 3. The first-order valence-corrected chi connectivity index (χ1v) is 9.04. The fourth-order valence-electron chi connectivity index (χ4n) is 3.56. The van der Waals surface area contributed by atoms with Crippen molar-refractivity contribution >= 4 is 17.5 Å². The van der Waals surface area contributed by atoms with Gasteiger partial charge >= 0.3 is 0 Å². The van der Waals surface area contributed by atoms with Crippen molar-refractivity contribution in [3.05, 3.63) is 47.6 Å². The predicted molar refractivity (Wildman–Crippen MR) is 95.8 cm³/mol. The molecule has 142 valence electrons. The van der Waals surface area contributed by atoms with E-state index in [0.717, 1.165) is 0 Å². The monoisotopic (exact) mass is 372 g/mol. The van der Waals surface area contributed by atoms with E-state index in [1.165, 1.54) is 6.07 Å². The fraction of sp³-hybridized carbons (Fsp3) is 0.421.